The van der Waals surface area contributed by atoms with E-state index in [-0.39, 0.29) is 23.7 Å². The Labute approximate surface area is 164 Å². The van der Waals surface area contributed by atoms with Crippen molar-refractivity contribution in [2.24, 2.45) is 5.92 Å². The van der Waals surface area contributed by atoms with E-state index in [4.69, 9.17) is 0 Å². The molecule has 1 aliphatic heterocycles. The SMILES string of the molecule is O=C1CC(c2ccccc2)C=C2Nc3ccccc3NC(c3ccc[nH+]c3)C12. The Morgan fingerprint density at radius 3 is 2.39 bits per heavy atom. The van der Waals surface area contributed by atoms with Crippen molar-refractivity contribution in [2.45, 2.75) is 18.4 Å². The number of H-pyrrole nitrogens is 1. The average molecular weight is 368 g/mol. The van der Waals surface area contributed by atoms with Crippen LogP contribution >= 0.6 is 0 Å². The van der Waals surface area contributed by atoms with Gasteiger partial charge in [0.2, 0.25) is 0 Å². The zero-order valence-corrected chi connectivity index (χ0v) is 15.4. The third-order valence-corrected chi connectivity index (χ3v) is 5.65. The lowest BCUT2D eigenvalue weighted by Crippen LogP contribution is -2.34. The number of Topliss-reactive ketones (excluding diaryl/α,β-unsaturated/α-hetero) is 1. The van der Waals surface area contributed by atoms with Crippen molar-refractivity contribution < 1.29 is 9.78 Å². The number of pyridine rings is 1. The van der Waals surface area contributed by atoms with Crippen molar-refractivity contribution in [1.29, 1.82) is 0 Å². The molecule has 0 amide bonds. The molecule has 4 nitrogen and oxygen atoms in total. The van der Waals surface area contributed by atoms with E-state index in [1.165, 1.54) is 5.56 Å². The van der Waals surface area contributed by atoms with Crippen LogP contribution in [0.25, 0.3) is 0 Å². The third-order valence-electron chi connectivity index (χ3n) is 5.65. The Balaban J connectivity index is 1.63. The van der Waals surface area contributed by atoms with Crippen LogP contribution in [0.5, 0.6) is 0 Å². The summed E-state index contributed by atoms with van der Waals surface area (Å²) in [5.41, 5.74) is 5.25. The first-order valence-corrected chi connectivity index (χ1v) is 9.67. The van der Waals surface area contributed by atoms with E-state index in [1.807, 2.05) is 48.8 Å². The lowest BCUT2D eigenvalue weighted by molar-refractivity contribution is -0.378. The van der Waals surface area contributed by atoms with Crippen LogP contribution in [0, 0.1) is 5.92 Å². The summed E-state index contributed by atoms with van der Waals surface area (Å²) in [5, 5.41) is 7.17. The van der Waals surface area contributed by atoms with Crippen LogP contribution in [0.4, 0.5) is 11.4 Å². The highest BCUT2D eigenvalue weighted by Gasteiger charge is 2.40. The van der Waals surface area contributed by atoms with Crippen LogP contribution in [0.3, 0.4) is 0 Å². The van der Waals surface area contributed by atoms with Gasteiger partial charge in [0.05, 0.1) is 23.3 Å². The first-order valence-electron chi connectivity index (χ1n) is 9.67. The number of carbonyl (C=O) groups excluding carboxylic acids is 1. The molecule has 5 rings (SSSR count). The minimum absolute atomic E-state index is 0.0979. The maximum atomic E-state index is 13.4. The maximum absolute atomic E-state index is 13.4. The van der Waals surface area contributed by atoms with Crippen LogP contribution in [-0.4, -0.2) is 5.78 Å². The topological polar surface area (TPSA) is 55.3 Å². The molecular weight excluding hydrogens is 346 g/mol. The smallest absolute Gasteiger partial charge is 0.172 e. The molecule has 2 aliphatic rings. The van der Waals surface area contributed by atoms with Gasteiger partial charge in [-0.05, 0) is 23.8 Å². The average Bonchev–Trinajstić information content (AvgIpc) is 2.92. The summed E-state index contributed by atoms with van der Waals surface area (Å²) in [6, 6.07) is 22.3. The van der Waals surface area contributed by atoms with Crippen LogP contribution in [0.1, 0.15) is 29.5 Å². The molecule has 3 aromatic rings. The number of nitrogens with one attached hydrogen (secondary N) is 3. The van der Waals surface area contributed by atoms with Crippen LogP contribution < -0.4 is 15.6 Å². The van der Waals surface area contributed by atoms with E-state index in [9.17, 15) is 4.79 Å². The second kappa shape index (κ2) is 6.97. The quantitative estimate of drug-likeness (QED) is 0.708. The molecule has 1 aromatic heterocycles. The van der Waals surface area contributed by atoms with Gasteiger partial charge in [0, 0.05) is 29.7 Å². The highest BCUT2D eigenvalue weighted by atomic mass is 16.1. The monoisotopic (exact) mass is 368 g/mol. The lowest BCUT2D eigenvalue weighted by atomic mass is 9.77. The second-order valence-electron chi connectivity index (χ2n) is 7.42. The Morgan fingerprint density at radius 2 is 1.61 bits per heavy atom. The summed E-state index contributed by atoms with van der Waals surface area (Å²) in [6.07, 6.45) is 6.62. The fourth-order valence-corrected chi connectivity index (χ4v) is 4.30. The number of aromatic nitrogens is 1. The first-order chi connectivity index (χ1) is 13.8. The number of allylic oxidation sites excluding steroid dienone is 1. The molecule has 0 fully saturated rings. The van der Waals surface area contributed by atoms with E-state index in [0.717, 1.165) is 22.6 Å². The molecule has 138 valence electrons. The molecule has 0 saturated carbocycles. The number of fused-ring (bicyclic) bond motifs is 2. The molecule has 3 unspecified atom stereocenters. The van der Waals surface area contributed by atoms with Crippen LogP contribution in [-0.2, 0) is 4.79 Å². The fraction of sp³-hybridized carbons (Fsp3) is 0.167. The van der Waals surface area contributed by atoms with Gasteiger partial charge in [0.25, 0.3) is 0 Å². The molecule has 0 bridgehead atoms. The molecule has 2 aromatic carbocycles. The maximum Gasteiger partial charge on any atom is 0.172 e. The van der Waals surface area contributed by atoms with Crippen molar-refractivity contribution in [3.05, 3.63) is 102 Å². The summed E-state index contributed by atoms with van der Waals surface area (Å²) >= 11 is 0. The molecule has 28 heavy (non-hydrogen) atoms. The molecule has 0 saturated heterocycles. The normalized spacial score (nSPS) is 23.4. The number of ketones is 1. The van der Waals surface area contributed by atoms with Crippen molar-refractivity contribution >= 4 is 17.2 Å². The molecular formula is C24H22N3O+. The molecule has 2 heterocycles. The summed E-state index contributed by atoms with van der Waals surface area (Å²) in [7, 11) is 0. The minimum atomic E-state index is -0.247. The number of hydrogen-bond acceptors (Lipinski definition) is 3. The van der Waals surface area contributed by atoms with Gasteiger partial charge in [0.15, 0.2) is 12.4 Å². The lowest BCUT2D eigenvalue weighted by Gasteiger charge is -2.31. The number of carbonyl (C=O) groups is 1. The summed E-state index contributed by atoms with van der Waals surface area (Å²) in [5.74, 6) is 0.108. The second-order valence-corrected chi connectivity index (χ2v) is 7.42. The van der Waals surface area contributed by atoms with E-state index >= 15 is 0 Å². The van der Waals surface area contributed by atoms with Gasteiger partial charge >= 0.3 is 0 Å². The Kier molecular flexibility index (Phi) is 4.17. The molecule has 3 N–H and O–H groups in total. The van der Waals surface area contributed by atoms with Crippen LogP contribution in [0.15, 0.2) is 90.9 Å². The molecule has 3 atom stereocenters. The number of hydrogen-bond donors (Lipinski definition) is 2. The van der Waals surface area contributed by atoms with Crippen LogP contribution in [0.2, 0.25) is 0 Å². The van der Waals surface area contributed by atoms with Gasteiger partial charge in [-0.25, -0.2) is 4.98 Å². The molecule has 0 spiro atoms. The van der Waals surface area contributed by atoms with Crippen molar-refractivity contribution in [3.8, 4) is 0 Å². The Bertz CT molecular complexity index is 1030. The van der Waals surface area contributed by atoms with Crippen molar-refractivity contribution in [2.75, 3.05) is 10.6 Å². The van der Waals surface area contributed by atoms with Gasteiger partial charge in [0.1, 0.15) is 5.78 Å². The molecule has 0 radical (unpaired) electrons. The van der Waals surface area contributed by atoms with Gasteiger partial charge in [-0.1, -0.05) is 48.5 Å². The number of benzene rings is 2. The predicted molar refractivity (Wildman–Crippen MR) is 110 cm³/mol. The summed E-state index contributed by atoms with van der Waals surface area (Å²) in [6.45, 7) is 0. The van der Waals surface area contributed by atoms with Crippen molar-refractivity contribution in [1.82, 2.24) is 0 Å². The molecule has 4 heteroatoms. The third kappa shape index (κ3) is 2.97. The van der Waals surface area contributed by atoms with Gasteiger partial charge in [-0.3, -0.25) is 4.79 Å². The summed E-state index contributed by atoms with van der Waals surface area (Å²) in [4.78, 5) is 16.5. The Morgan fingerprint density at radius 1 is 0.857 bits per heavy atom. The van der Waals surface area contributed by atoms with E-state index in [0.29, 0.717) is 6.42 Å². The van der Waals surface area contributed by atoms with E-state index in [1.54, 1.807) is 0 Å². The zero-order valence-electron chi connectivity index (χ0n) is 15.4. The fourth-order valence-electron chi connectivity index (χ4n) is 4.30. The standard InChI is InChI=1S/C24H21N3O/c28-22-14-18(16-7-2-1-3-8-16)13-21-23(22)24(17-9-6-12-25-15-17)27-20-11-5-4-10-19(20)26-21/h1-13,15,18,23-24,26-27H,14H2/p+1. The number of para-hydroxylation sites is 2. The first kappa shape index (κ1) is 16.8. The highest BCUT2D eigenvalue weighted by Crippen LogP contribution is 2.44. The Hall–Kier alpha value is -3.40. The van der Waals surface area contributed by atoms with Gasteiger partial charge < -0.3 is 10.6 Å². The van der Waals surface area contributed by atoms with Crippen molar-refractivity contribution in [3.63, 3.8) is 0 Å². The molecule has 1 aliphatic carbocycles. The number of aromatic amines is 1. The summed E-state index contributed by atoms with van der Waals surface area (Å²) < 4.78 is 0. The zero-order chi connectivity index (χ0) is 18.9. The highest BCUT2D eigenvalue weighted by molar-refractivity contribution is 5.90. The largest absolute Gasteiger partial charge is 0.375 e. The van der Waals surface area contributed by atoms with Gasteiger partial charge in [-0.2, -0.15) is 0 Å². The predicted octanol–water partition coefficient (Wildman–Crippen LogP) is 4.34. The minimum Gasteiger partial charge on any atom is -0.375 e. The number of anilines is 2. The van der Waals surface area contributed by atoms with E-state index < -0.39 is 0 Å². The van der Waals surface area contributed by atoms with Gasteiger partial charge in [-0.15, -0.1) is 0 Å². The van der Waals surface area contributed by atoms with E-state index in [2.05, 4.69) is 52.0 Å². The number of rotatable bonds is 2.